The van der Waals surface area contributed by atoms with E-state index < -0.39 is 20.1 Å². The van der Waals surface area contributed by atoms with Gasteiger partial charge in [0.25, 0.3) is 0 Å². The smallest absolute Gasteiger partial charge is 0.263 e. The molecule has 15 heavy (non-hydrogen) atoms. The van der Waals surface area contributed by atoms with Crippen molar-refractivity contribution < 1.29 is 13.3 Å². The molecule has 82 valence electrons. The second kappa shape index (κ2) is 4.39. The van der Waals surface area contributed by atoms with Crippen molar-refractivity contribution in [3.63, 3.8) is 0 Å². The third kappa shape index (κ3) is 2.33. The molecule has 5 nitrogen and oxygen atoms in total. The largest absolute Gasteiger partial charge is 0.314 e. The Morgan fingerprint density at radius 2 is 1.87 bits per heavy atom. The van der Waals surface area contributed by atoms with Crippen LogP contribution in [0.5, 0.6) is 0 Å². The van der Waals surface area contributed by atoms with E-state index in [0.29, 0.717) is 0 Å². The van der Waals surface area contributed by atoms with Gasteiger partial charge in [-0.1, -0.05) is 25.1 Å². The van der Waals surface area contributed by atoms with Crippen LogP contribution in [0, 0.1) is 10.1 Å². The molecular formula is C9H11NO4S. The zero-order chi connectivity index (χ0) is 11.5. The monoisotopic (exact) mass is 229 g/mol. The van der Waals surface area contributed by atoms with Gasteiger partial charge in [-0.15, -0.1) is 0 Å². The molecule has 6 heteroatoms. The molecular weight excluding hydrogens is 218 g/mol. The quantitative estimate of drug-likeness (QED) is 0.578. The van der Waals surface area contributed by atoms with E-state index in [1.807, 2.05) is 0 Å². The van der Waals surface area contributed by atoms with Gasteiger partial charge in [0, 0.05) is 11.3 Å². The fourth-order valence-corrected chi connectivity index (χ4v) is 2.77. The number of benzene rings is 1. The van der Waals surface area contributed by atoms with Crippen LogP contribution >= 0.6 is 0 Å². The number of rotatable bonds is 4. The second-order valence-corrected chi connectivity index (χ2v) is 5.11. The molecule has 1 aromatic rings. The fraction of sp³-hybridized carbons (Fsp3) is 0.333. The first kappa shape index (κ1) is 11.6. The zero-order valence-corrected chi connectivity index (χ0v) is 8.98. The van der Waals surface area contributed by atoms with Gasteiger partial charge < -0.3 is 0 Å². The average Bonchev–Trinajstić information content (AvgIpc) is 2.19. The van der Waals surface area contributed by atoms with Gasteiger partial charge in [0.2, 0.25) is 9.84 Å². The van der Waals surface area contributed by atoms with Crippen molar-refractivity contribution in [2.45, 2.75) is 23.6 Å². The van der Waals surface area contributed by atoms with Gasteiger partial charge in [-0.3, -0.25) is 10.1 Å². The van der Waals surface area contributed by atoms with Crippen molar-refractivity contribution in [1.82, 2.24) is 0 Å². The van der Waals surface area contributed by atoms with Crippen molar-refractivity contribution in [2.24, 2.45) is 0 Å². The fourth-order valence-electron chi connectivity index (χ4n) is 1.25. The summed E-state index contributed by atoms with van der Waals surface area (Å²) in [5.41, 5.74) is 0. The van der Waals surface area contributed by atoms with Crippen molar-refractivity contribution in [3.8, 4) is 0 Å². The van der Waals surface area contributed by atoms with Crippen LogP contribution in [0.15, 0.2) is 35.2 Å². The van der Waals surface area contributed by atoms with E-state index in [1.165, 1.54) is 19.1 Å². The molecule has 1 unspecified atom stereocenters. The van der Waals surface area contributed by atoms with Crippen LogP contribution in [0.3, 0.4) is 0 Å². The third-order valence-electron chi connectivity index (χ3n) is 2.01. The van der Waals surface area contributed by atoms with Crippen molar-refractivity contribution in [3.05, 3.63) is 40.4 Å². The van der Waals surface area contributed by atoms with Crippen molar-refractivity contribution in [2.75, 3.05) is 0 Å². The summed E-state index contributed by atoms with van der Waals surface area (Å²) < 4.78 is 23.5. The van der Waals surface area contributed by atoms with Gasteiger partial charge >= 0.3 is 5.37 Å². The Morgan fingerprint density at radius 3 is 2.27 bits per heavy atom. The van der Waals surface area contributed by atoms with E-state index in [4.69, 9.17) is 0 Å². The molecule has 0 bridgehead atoms. The summed E-state index contributed by atoms with van der Waals surface area (Å²) >= 11 is 0. The predicted molar refractivity (Wildman–Crippen MR) is 54.7 cm³/mol. The molecule has 1 atom stereocenters. The van der Waals surface area contributed by atoms with Crippen LogP contribution in [0.4, 0.5) is 0 Å². The van der Waals surface area contributed by atoms with Crippen molar-refractivity contribution in [1.29, 1.82) is 0 Å². The van der Waals surface area contributed by atoms with Crippen LogP contribution in [0.25, 0.3) is 0 Å². The van der Waals surface area contributed by atoms with Crippen LogP contribution in [-0.4, -0.2) is 18.7 Å². The summed E-state index contributed by atoms with van der Waals surface area (Å²) in [6.45, 7) is 1.48. The maximum atomic E-state index is 11.8. The summed E-state index contributed by atoms with van der Waals surface area (Å²) in [6.07, 6.45) is -0.0375. The van der Waals surface area contributed by atoms with Crippen LogP contribution < -0.4 is 0 Å². The lowest BCUT2D eigenvalue weighted by Gasteiger charge is -2.08. The topological polar surface area (TPSA) is 77.3 Å². The minimum Gasteiger partial charge on any atom is -0.263 e. The van der Waals surface area contributed by atoms with Crippen molar-refractivity contribution >= 4 is 9.84 Å². The van der Waals surface area contributed by atoms with Crippen LogP contribution in [-0.2, 0) is 9.84 Å². The summed E-state index contributed by atoms with van der Waals surface area (Å²) in [6, 6.07) is 7.47. The summed E-state index contributed by atoms with van der Waals surface area (Å²) in [7, 11) is -3.85. The van der Waals surface area contributed by atoms with E-state index in [9.17, 15) is 18.5 Å². The van der Waals surface area contributed by atoms with E-state index in [0.717, 1.165) is 0 Å². The average molecular weight is 229 g/mol. The Balaban J connectivity index is 3.19. The highest BCUT2D eigenvalue weighted by molar-refractivity contribution is 7.91. The van der Waals surface area contributed by atoms with E-state index in [1.54, 1.807) is 18.2 Å². The summed E-state index contributed by atoms with van der Waals surface area (Å²) in [5, 5.41) is 9.02. The molecule has 0 aliphatic rings. The number of nitrogens with zero attached hydrogens (tertiary/aromatic N) is 1. The molecule has 0 aromatic heterocycles. The van der Waals surface area contributed by atoms with E-state index >= 15 is 0 Å². The highest BCUT2D eigenvalue weighted by Crippen LogP contribution is 2.18. The molecule has 0 amide bonds. The Hall–Kier alpha value is -1.43. The Labute approximate surface area is 87.8 Å². The first-order chi connectivity index (χ1) is 7.00. The highest BCUT2D eigenvalue weighted by Gasteiger charge is 2.35. The predicted octanol–water partition coefficient (Wildman–Crippen LogP) is 1.47. The van der Waals surface area contributed by atoms with Gasteiger partial charge in [-0.05, 0) is 12.1 Å². The minimum absolute atomic E-state index is 0.00597. The Kier molecular flexibility index (Phi) is 3.41. The lowest BCUT2D eigenvalue weighted by molar-refractivity contribution is -0.497. The molecule has 0 saturated heterocycles. The Bertz CT molecular complexity index is 440. The van der Waals surface area contributed by atoms with Gasteiger partial charge in [-0.2, -0.15) is 0 Å². The summed E-state index contributed by atoms with van der Waals surface area (Å²) in [5.74, 6) is 0. The first-order valence-corrected chi connectivity index (χ1v) is 5.97. The molecule has 0 aliphatic heterocycles. The molecule has 1 aromatic carbocycles. The molecule has 0 radical (unpaired) electrons. The first-order valence-electron chi connectivity index (χ1n) is 4.42. The molecule has 0 saturated carbocycles. The lowest BCUT2D eigenvalue weighted by atomic mass is 10.4. The van der Waals surface area contributed by atoms with Gasteiger partial charge in [0.05, 0.1) is 4.90 Å². The molecule has 1 rings (SSSR count). The SMILES string of the molecule is CCC([N+](=O)[O-])S(=O)(=O)c1ccccc1. The number of hydrogen-bond donors (Lipinski definition) is 0. The van der Waals surface area contributed by atoms with Gasteiger partial charge in [0.15, 0.2) is 0 Å². The normalized spacial score (nSPS) is 13.4. The van der Waals surface area contributed by atoms with E-state index in [2.05, 4.69) is 0 Å². The highest BCUT2D eigenvalue weighted by atomic mass is 32.2. The molecule has 0 aliphatic carbocycles. The van der Waals surface area contributed by atoms with E-state index in [-0.39, 0.29) is 11.3 Å². The van der Waals surface area contributed by atoms with Gasteiger partial charge in [0.1, 0.15) is 0 Å². The summed E-state index contributed by atoms with van der Waals surface area (Å²) in [4.78, 5) is 9.81. The minimum atomic E-state index is -3.85. The number of hydrogen-bond acceptors (Lipinski definition) is 4. The second-order valence-electron chi connectivity index (χ2n) is 3.01. The maximum Gasteiger partial charge on any atom is 0.314 e. The lowest BCUT2D eigenvalue weighted by Crippen LogP contribution is -2.28. The third-order valence-corrected chi connectivity index (χ3v) is 4.17. The Morgan fingerprint density at radius 1 is 1.33 bits per heavy atom. The number of nitro groups is 1. The zero-order valence-electron chi connectivity index (χ0n) is 8.16. The molecule has 0 heterocycles. The molecule has 0 fully saturated rings. The van der Waals surface area contributed by atoms with Gasteiger partial charge in [-0.25, -0.2) is 8.42 Å². The van der Waals surface area contributed by atoms with Crippen LogP contribution in [0.2, 0.25) is 0 Å². The number of sulfone groups is 1. The molecule has 0 spiro atoms. The standard InChI is InChI=1S/C9H11NO4S/c1-2-9(10(11)12)15(13,14)8-6-4-3-5-7-8/h3-7,9H,2H2,1H3. The van der Waals surface area contributed by atoms with Crippen LogP contribution in [0.1, 0.15) is 13.3 Å². The maximum absolute atomic E-state index is 11.8. The molecule has 0 N–H and O–H groups in total.